The van der Waals surface area contributed by atoms with Crippen molar-refractivity contribution in [1.82, 2.24) is 0 Å². The summed E-state index contributed by atoms with van der Waals surface area (Å²) >= 11 is 0. The summed E-state index contributed by atoms with van der Waals surface area (Å²) in [5.41, 5.74) is 3.89. The van der Waals surface area contributed by atoms with Gasteiger partial charge in [0, 0.05) is 38.9 Å². The molecule has 0 saturated carbocycles. The average Bonchev–Trinajstić information content (AvgIpc) is 2.36. The van der Waals surface area contributed by atoms with Crippen LogP contribution >= 0.6 is 0 Å². The molecule has 0 aliphatic carbocycles. The van der Waals surface area contributed by atoms with Crippen LogP contribution in [0.5, 0.6) is 0 Å². The smallest absolute Gasteiger partial charge is 0.159 e. The number of aryl methyl sites for hydroxylation is 2. The van der Waals surface area contributed by atoms with Gasteiger partial charge in [0.15, 0.2) is 6.29 Å². The van der Waals surface area contributed by atoms with Gasteiger partial charge in [0.25, 0.3) is 0 Å². The van der Waals surface area contributed by atoms with Crippen molar-refractivity contribution in [3.8, 4) is 0 Å². The normalized spacial score (nSPS) is 11.1. The average molecular weight is 265 g/mol. The summed E-state index contributed by atoms with van der Waals surface area (Å²) in [5.74, 6) is 0. The predicted octanol–water partition coefficient (Wildman–Crippen LogP) is 3.53. The van der Waals surface area contributed by atoms with Gasteiger partial charge in [-0.15, -0.1) is 0 Å². The number of rotatable bonds is 8. The van der Waals surface area contributed by atoms with Gasteiger partial charge in [0.1, 0.15) is 0 Å². The van der Waals surface area contributed by atoms with E-state index in [1.807, 2.05) is 13.8 Å². The lowest BCUT2D eigenvalue weighted by Crippen LogP contribution is -2.26. The van der Waals surface area contributed by atoms with E-state index in [4.69, 9.17) is 9.47 Å². The molecule has 0 saturated heterocycles. The van der Waals surface area contributed by atoms with Crippen LogP contribution in [-0.4, -0.2) is 33.1 Å². The first-order valence-corrected chi connectivity index (χ1v) is 7.10. The van der Waals surface area contributed by atoms with E-state index in [9.17, 15) is 0 Å². The molecule has 0 amide bonds. The lowest BCUT2D eigenvalue weighted by Gasteiger charge is -2.24. The number of benzene rings is 1. The largest absolute Gasteiger partial charge is 0.374 e. The van der Waals surface area contributed by atoms with E-state index in [-0.39, 0.29) is 6.29 Å². The second-order valence-corrected chi connectivity index (χ2v) is 4.84. The van der Waals surface area contributed by atoms with Gasteiger partial charge >= 0.3 is 0 Å². The Hall–Kier alpha value is -1.06. The van der Waals surface area contributed by atoms with Crippen LogP contribution in [0.1, 0.15) is 31.4 Å². The van der Waals surface area contributed by atoms with E-state index in [2.05, 4.69) is 44.0 Å². The summed E-state index contributed by atoms with van der Waals surface area (Å²) < 4.78 is 11.1. The Morgan fingerprint density at radius 2 is 1.74 bits per heavy atom. The lowest BCUT2D eigenvalue weighted by atomic mass is 10.1. The van der Waals surface area contributed by atoms with Gasteiger partial charge in [0.05, 0.1) is 0 Å². The maximum Gasteiger partial charge on any atom is 0.159 e. The zero-order valence-corrected chi connectivity index (χ0v) is 12.9. The molecular weight excluding hydrogens is 238 g/mol. The monoisotopic (exact) mass is 265 g/mol. The third kappa shape index (κ3) is 5.21. The van der Waals surface area contributed by atoms with E-state index >= 15 is 0 Å². The maximum atomic E-state index is 5.57. The Morgan fingerprint density at radius 3 is 2.26 bits per heavy atom. The minimum Gasteiger partial charge on any atom is -0.374 e. The van der Waals surface area contributed by atoms with Crippen LogP contribution < -0.4 is 4.90 Å². The first kappa shape index (κ1) is 16.0. The topological polar surface area (TPSA) is 21.7 Å². The number of anilines is 1. The fraction of sp³-hybridized carbons (Fsp3) is 0.625. The molecule has 0 bridgehead atoms. The molecule has 0 aliphatic heterocycles. The molecule has 0 aromatic heterocycles. The third-order valence-electron chi connectivity index (χ3n) is 3.17. The number of ether oxygens (including phenoxy) is 2. The highest BCUT2D eigenvalue weighted by Crippen LogP contribution is 2.20. The van der Waals surface area contributed by atoms with Crippen molar-refractivity contribution >= 4 is 5.69 Å². The van der Waals surface area contributed by atoms with Crippen LogP contribution in [0, 0.1) is 13.8 Å². The zero-order valence-electron chi connectivity index (χ0n) is 12.9. The fourth-order valence-electron chi connectivity index (χ4n) is 2.24. The van der Waals surface area contributed by atoms with Crippen molar-refractivity contribution < 1.29 is 9.47 Å². The van der Waals surface area contributed by atoms with Gasteiger partial charge in [-0.05, 0) is 39.3 Å². The minimum absolute atomic E-state index is 0.0943. The van der Waals surface area contributed by atoms with Crippen LogP contribution in [0.2, 0.25) is 0 Å². The Morgan fingerprint density at radius 1 is 1.11 bits per heavy atom. The second kappa shape index (κ2) is 8.18. The van der Waals surface area contributed by atoms with Gasteiger partial charge in [-0.25, -0.2) is 0 Å². The molecule has 0 heterocycles. The summed E-state index contributed by atoms with van der Waals surface area (Å²) in [7, 11) is 2.12. The van der Waals surface area contributed by atoms with E-state index in [1.54, 1.807) is 0 Å². The van der Waals surface area contributed by atoms with Crippen molar-refractivity contribution in [3.05, 3.63) is 29.3 Å². The Balaban J connectivity index is 2.55. The summed E-state index contributed by atoms with van der Waals surface area (Å²) in [5, 5.41) is 0. The zero-order chi connectivity index (χ0) is 14.3. The molecule has 1 aromatic rings. The lowest BCUT2D eigenvalue weighted by molar-refractivity contribution is -0.137. The van der Waals surface area contributed by atoms with Crippen molar-refractivity contribution in [1.29, 1.82) is 0 Å². The minimum atomic E-state index is -0.0943. The quantitative estimate of drug-likeness (QED) is 0.671. The third-order valence-corrected chi connectivity index (χ3v) is 3.17. The molecular formula is C16H27NO2. The maximum absolute atomic E-state index is 5.57. The van der Waals surface area contributed by atoms with Gasteiger partial charge < -0.3 is 14.4 Å². The molecule has 0 N–H and O–H groups in total. The van der Waals surface area contributed by atoms with Crippen LogP contribution in [0.4, 0.5) is 5.69 Å². The van der Waals surface area contributed by atoms with Gasteiger partial charge in [0.2, 0.25) is 0 Å². The van der Waals surface area contributed by atoms with Crippen molar-refractivity contribution in [2.75, 3.05) is 31.7 Å². The molecule has 0 aliphatic rings. The van der Waals surface area contributed by atoms with Gasteiger partial charge in [-0.3, -0.25) is 0 Å². The summed E-state index contributed by atoms with van der Waals surface area (Å²) in [6.07, 6.45) is 0.786. The van der Waals surface area contributed by atoms with Gasteiger partial charge in [-0.1, -0.05) is 17.7 Å². The van der Waals surface area contributed by atoms with E-state index in [0.717, 1.165) is 13.0 Å². The molecule has 3 nitrogen and oxygen atoms in total. The van der Waals surface area contributed by atoms with Gasteiger partial charge in [-0.2, -0.15) is 0 Å². The Kier molecular flexibility index (Phi) is 6.89. The molecule has 0 unspecified atom stereocenters. The SMILES string of the molecule is CCOC(CCN(C)c1ccc(C)cc1C)OCC. The first-order valence-electron chi connectivity index (χ1n) is 7.10. The number of hydrogen-bond acceptors (Lipinski definition) is 3. The van der Waals surface area contributed by atoms with Crippen molar-refractivity contribution in [3.63, 3.8) is 0 Å². The molecule has 1 aromatic carbocycles. The highest BCUT2D eigenvalue weighted by Gasteiger charge is 2.11. The predicted molar refractivity (Wildman–Crippen MR) is 80.8 cm³/mol. The molecule has 0 radical (unpaired) electrons. The van der Waals surface area contributed by atoms with Crippen LogP contribution in [0.25, 0.3) is 0 Å². The highest BCUT2D eigenvalue weighted by molar-refractivity contribution is 5.53. The standard InChI is InChI=1S/C16H27NO2/c1-6-18-16(19-7-2)10-11-17(5)15-9-8-13(3)12-14(15)4/h8-9,12,16H,6-7,10-11H2,1-5H3. The molecule has 19 heavy (non-hydrogen) atoms. The van der Waals surface area contributed by atoms with Crippen LogP contribution in [-0.2, 0) is 9.47 Å². The second-order valence-electron chi connectivity index (χ2n) is 4.84. The van der Waals surface area contributed by atoms with E-state index < -0.39 is 0 Å². The summed E-state index contributed by atoms with van der Waals surface area (Å²) in [6.45, 7) is 10.6. The molecule has 3 heteroatoms. The van der Waals surface area contributed by atoms with Crippen LogP contribution in [0.15, 0.2) is 18.2 Å². The molecule has 0 spiro atoms. The highest BCUT2D eigenvalue weighted by atomic mass is 16.7. The molecule has 0 atom stereocenters. The van der Waals surface area contributed by atoms with Crippen molar-refractivity contribution in [2.45, 2.75) is 40.4 Å². The molecule has 108 valence electrons. The van der Waals surface area contributed by atoms with Crippen molar-refractivity contribution in [2.24, 2.45) is 0 Å². The summed E-state index contributed by atoms with van der Waals surface area (Å²) in [4.78, 5) is 2.26. The van der Waals surface area contributed by atoms with E-state index in [0.29, 0.717) is 13.2 Å². The fourth-order valence-corrected chi connectivity index (χ4v) is 2.24. The Bertz CT molecular complexity index is 373. The molecule has 0 fully saturated rings. The first-order chi connectivity index (χ1) is 9.08. The number of nitrogens with zero attached hydrogens (tertiary/aromatic N) is 1. The van der Waals surface area contributed by atoms with E-state index in [1.165, 1.54) is 16.8 Å². The van der Waals surface area contributed by atoms with Crippen LogP contribution in [0.3, 0.4) is 0 Å². The number of hydrogen-bond donors (Lipinski definition) is 0. The molecule has 1 rings (SSSR count). The summed E-state index contributed by atoms with van der Waals surface area (Å²) in [6, 6.07) is 6.55. The Labute approximate surface area is 117 Å².